The zero-order chi connectivity index (χ0) is 15.1. The van der Waals surface area contributed by atoms with Crippen LogP contribution in [-0.4, -0.2) is 12.2 Å². The predicted molar refractivity (Wildman–Crippen MR) is 91.4 cm³/mol. The first kappa shape index (κ1) is 20.0. The molecule has 0 radical (unpaired) electrons. The molecule has 1 heteroatoms. The van der Waals surface area contributed by atoms with Crippen LogP contribution in [0.4, 0.5) is 0 Å². The molecule has 1 nitrogen and oxygen atoms in total. The molecule has 122 valence electrons. The van der Waals surface area contributed by atoms with Gasteiger partial charge in [0.15, 0.2) is 0 Å². The van der Waals surface area contributed by atoms with Gasteiger partial charge in [-0.15, -0.1) is 0 Å². The Morgan fingerprint density at radius 2 is 0.900 bits per heavy atom. The van der Waals surface area contributed by atoms with Crippen LogP contribution in [0.25, 0.3) is 0 Å². The van der Waals surface area contributed by atoms with E-state index in [2.05, 4.69) is 27.7 Å². The average Bonchev–Trinajstić information content (AvgIpc) is 2.38. The van der Waals surface area contributed by atoms with Crippen LogP contribution < -0.4 is 0 Å². The molecule has 0 aromatic rings. The van der Waals surface area contributed by atoms with E-state index in [0.717, 1.165) is 6.61 Å². The summed E-state index contributed by atoms with van der Waals surface area (Å²) < 4.78 is 5.73. The van der Waals surface area contributed by atoms with Gasteiger partial charge in [-0.1, -0.05) is 84.0 Å². The second-order valence-electron chi connectivity index (χ2n) is 7.20. The van der Waals surface area contributed by atoms with Crippen molar-refractivity contribution in [1.82, 2.24) is 0 Å². The number of ether oxygens (including phenoxy) is 1. The first-order chi connectivity index (χ1) is 9.56. The molecule has 0 saturated carbocycles. The van der Waals surface area contributed by atoms with Gasteiger partial charge in [-0.2, -0.15) is 0 Å². The third-order valence-corrected chi connectivity index (χ3v) is 3.78. The lowest BCUT2D eigenvalue weighted by Crippen LogP contribution is -2.19. The molecule has 0 amide bonds. The second-order valence-corrected chi connectivity index (χ2v) is 7.20. The largest absolute Gasteiger partial charge is 0.376 e. The lowest BCUT2D eigenvalue weighted by atomic mass is 10.0. The minimum absolute atomic E-state index is 0.0388. The van der Waals surface area contributed by atoms with E-state index in [1.807, 2.05) is 0 Å². The number of hydrogen-bond acceptors (Lipinski definition) is 1. The van der Waals surface area contributed by atoms with Gasteiger partial charge >= 0.3 is 0 Å². The molecule has 0 unspecified atom stereocenters. The topological polar surface area (TPSA) is 9.23 Å². The van der Waals surface area contributed by atoms with Crippen molar-refractivity contribution >= 4 is 0 Å². The molecule has 0 aromatic heterocycles. The zero-order valence-corrected chi connectivity index (χ0v) is 14.8. The quantitative estimate of drug-likeness (QED) is 0.315. The van der Waals surface area contributed by atoms with Crippen molar-refractivity contribution in [2.24, 2.45) is 0 Å². The number of unbranched alkanes of at least 4 members (excludes halogenated alkanes) is 12. The van der Waals surface area contributed by atoms with E-state index >= 15 is 0 Å². The molecule has 20 heavy (non-hydrogen) atoms. The van der Waals surface area contributed by atoms with Crippen molar-refractivity contribution in [3.05, 3.63) is 0 Å². The van der Waals surface area contributed by atoms with Crippen LogP contribution in [0.1, 0.15) is 111 Å². The smallest absolute Gasteiger partial charge is 0.0598 e. The van der Waals surface area contributed by atoms with Crippen molar-refractivity contribution in [3.8, 4) is 0 Å². The molecule has 0 aromatic carbocycles. The highest BCUT2D eigenvalue weighted by Crippen LogP contribution is 2.13. The normalized spacial score (nSPS) is 12.0. The van der Waals surface area contributed by atoms with Crippen molar-refractivity contribution < 1.29 is 4.74 Å². The van der Waals surface area contributed by atoms with Gasteiger partial charge in [-0.3, -0.25) is 0 Å². The van der Waals surface area contributed by atoms with Gasteiger partial charge in [-0.25, -0.2) is 0 Å². The van der Waals surface area contributed by atoms with Gasteiger partial charge < -0.3 is 4.74 Å². The number of hydrogen-bond donors (Lipinski definition) is 0. The van der Waals surface area contributed by atoms with Crippen LogP contribution in [0.2, 0.25) is 0 Å². The van der Waals surface area contributed by atoms with Gasteiger partial charge in [0, 0.05) is 6.61 Å². The molecular weight excluding hydrogens is 244 g/mol. The maximum absolute atomic E-state index is 5.73. The summed E-state index contributed by atoms with van der Waals surface area (Å²) in [4.78, 5) is 0. The Morgan fingerprint density at radius 1 is 0.550 bits per heavy atom. The Balaban J connectivity index is 2.99. The minimum Gasteiger partial charge on any atom is -0.376 e. The molecule has 0 saturated heterocycles. The molecule has 0 aliphatic carbocycles. The standard InChI is InChI=1S/C19H40O/c1-5-6-7-8-9-10-11-12-13-14-15-16-17-18-20-19(2,3)4/h5-18H2,1-4H3. The summed E-state index contributed by atoms with van der Waals surface area (Å²) in [7, 11) is 0. The highest BCUT2D eigenvalue weighted by atomic mass is 16.5. The highest BCUT2D eigenvalue weighted by Gasteiger charge is 2.08. The van der Waals surface area contributed by atoms with E-state index in [0.29, 0.717) is 0 Å². The van der Waals surface area contributed by atoms with Gasteiger partial charge in [0.05, 0.1) is 5.60 Å². The molecular formula is C19H40O. The van der Waals surface area contributed by atoms with Crippen LogP contribution in [0.3, 0.4) is 0 Å². The molecule has 0 aliphatic heterocycles. The summed E-state index contributed by atoms with van der Waals surface area (Å²) in [5.41, 5.74) is 0.0388. The Labute approximate surface area is 128 Å². The molecule has 0 aliphatic rings. The Bertz CT molecular complexity index is 181. The van der Waals surface area contributed by atoms with E-state index < -0.39 is 0 Å². The zero-order valence-electron chi connectivity index (χ0n) is 14.8. The third-order valence-electron chi connectivity index (χ3n) is 3.78. The molecule has 0 atom stereocenters. The summed E-state index contributed by atoms with van der Waals surface area (Å²) in [6.07, 6.45) is 18.4. The lowest BCUT2D eigenvalue weighted by Gasteiger charge is -2.19. The van der Waals surface area contributed by atoms with E-state index in [1.165, 1.54) is 83.5 Å². The van der Waals surface area contributed by atoms with Crippen LogP contribution in [0, 0.1) is 0 Å². The monoisotopic (exact) mass is 284 g/mol. The average molecular weight is 285 g/mol. The minimum atomic E-state index is 0.0388. The third kappa shape index (κ3) is 18.0. The van der Waals surface area contributed by atoms with Crippen LogP contribution in [0.15, 0.2) is 0 Å². The first-order valence-electron chi connectivity index (χ1n) is 9.20. The Hall–Kier alpha value is -0.0400. The van der Waals surface area contributed by atoms with Crippen molar-refractivity contribution in [2.45, 2.75) is 117 Å². The summed E-state index contributed by atoms with van der Waals surface area (Å²) in [6, 6.07) is 0. The van der Waals surface area contributed by atoms with Crippen molar-refractivity contribution in [2.75, 3.05) is 6.61 Å². The fourth-order valence-electron chi connectivity index (χ4n) is 2.50. The molecule has 0 heterocycles. The van der Waals surface area contributed by atoms with E-state index in [-0.39, 0.29) is 5.60 Å². The Morgan fingerprint density at radius 3 is 1.25 bits per heavy atom. The second kappa shape index (κ2) is 13.9. The van der Waals surface area contributed by atoms with Crippen LogP contribution in [0.5, 0.6) is 0 Å². The van der Waals surface area contributed by atoms with Gasteiger partial charge in [-0.05, 0) is 27.2 Å². The van der Waals surface area contributed by atoms with Crippen LogP contribution >= 0.6 is 0 Å². The van der Waals surface area contributed by atoms with E-state index in [1.54, 1.807) is 0 Å². The maximum atomic E-state index is 5.73. The molecule has 0 N–H and O–H groups in total. The highest BCUT2D eigenvalue weighted by molar-refractivity contribution is 4.58. The fraction of sp³-hybridized carbons (Fsp3) is 1.00. The number of rotatable bonds is 14. The molecule has 0 spiro atoms. The van der Waals surface area contributed by atoms with Gasteiger partial charge in [0.25, 0.3) is 0 Å². The van der Waals surface area contributed by atoms with E-state index in [4.69, 9.17) is 4.74 Å². The van der Waals surface area contributed by atoms with Gasteiger partial charge in [0.1, 0.15) is 0 Å². The summed E-state index contributed by atoms with van der Waals surface area (Å²) in [6.45, 7) is 9.62. The van der Waals surface area contributed by atoms with Gasteiger partial charge in [0.2, 0.25) is 0 Å². The molecule has 0 bridgehead atoms. The maximum Gasteiger partial charge on any atom is 0.0598 e. The lowest BCUT2D eigenvalue weighted by molar-refractivity contribution is -0.00474. The summed E-state index contributed by atoms with van der Waals surface area (Å²) >= 11 is 0. The Kier molecular flexibility index (Phi) is 13.9. The predicted octanol–water partition coefficient (Wildman–Crippen LogP) is 6.89. The SMILES string of the molecule is CCCCCCCCCCCCCCCOC(C)(C)C. The van der Waals surface area contributed by atoms with E-state index in [9.17, 15) is 0 Å². The molecule has 0 rings (SSSR count). The summed E-state index contributed by atoms with van der Waals surface area (Å²) in [5.74, 6) is 0. The van der Waals surface area contributed by atoms with Crippen molar-refractivity contribution in [1.29, 1.82) is 0 Å². The fourth-order valence-corrected chi connectivity index (χ4v) is 2.50. The van der Waals surface area contributed by atoms with Crippen LogP contribution in [-0.2, 0) is 4.74 Å². The molecule has 0 fully saturated rings. The van der Waals surface area contributed by atoms with Crippen molar-refractivity contribution in [3.63, 3.8) is 0 Å². The first-order valence-corrected chi connectivity index (χ1v) is 9.20. The summed E-state index contributed by atoms with van der Waals surface area (Å²) in [5, 5.41) is 0.